The third-order valence-electron chi connectivity index (χ3n) is 2.85. The van der Waals surface area contributed by atoms with E-state index in [0.717, 1.165) is 6.29 Å². The minimum atomic E-state index is -0.787. The molecule has 0 bridgehead atoms. The van der Waals surface area contributed by atoms with Crippen molar-refractivity contribution in [3.63, 3.8) is 0 Å². The van der Waals surface area contributed by atoms with Gasteiger partial charge in [-0.15, -0.1) is 0 Å². The third-order valence-corrected chi connectivity index (χ3v) is 2.85. The highest BCUT2D eigenvalue weighted by molar-refractivity contribution is 5.71. The zero-order valence-corrected chi connectivity index (χ0v) is 13.5. The Kier molecular flexibility index (Phi) is 11.3. The zero-order chi connectivity index (χ0) is 16.8. The van der Waals surface area contributed by atoms with E-state index in [1.165, 1.54) is 0 Å². The Morgan fingerprint density at radius 1 is 1.09 bits per heavy atom. The van der Waals surface area contributed by atoms with E-state index in [4.69, 9.17) is 18.9 Å². The van der Waals surface area contributed by atoms with E-state index in [9.17, 15) is 14.4 Å². The van der Waals surface area contributed by atoms with Gasteiger partial charge in [0.25, 0.3) is 6.47 Å². The Morgan fingerprint density at radius 2 is 1.77 bits per heavy atom. The first-order chi connectivity index (χ1) is 10.5. The Labute approximate surface area is 131 Å². The zero-order valence-electron chi connectivity index (χ0n) is 13.5. The molecule has 0 aliphatic heterocycles. The molecule has 0 aliphatic carbocycles. The summed E-state index contributed by atoms with van der Waals surface area (Å²) >= 11 is 0. The molecule has 0 radical (unpaired) electrons. The van der Waals surface area contributed by atoms with Gasteiger partial charge in [0.05, 0.1) is 31.2 Å². The molecule has 0 saturated carbocycles. The average molecular weight is 318 g/mol. The van der Waals surface area contributed by atoms with Crippen molar-refractivity contribution in [1.82, 2.24) is 0 Å². The van der Waals surface area contributed by atoms with Gasteiger partial charge < -0.3 is 23.7 Å². The van der Waals surface area contributed by atoms with E-state index in [1.807, 2.05) is 6.92 Å². The highest BCUT2D eigenvalue weighted by Crippen LogP contribution is 2.21. The second-order valence-electron chi connectivity index (χ2n) is 5.31. The molecule has 1 atom stereocenters. The van der Waals surface area contributed by atoms with Crippen LogP contribution in [-0.4, -0.2) is 58.4 Å². The fourth-order valence-electron chi connectivity index (χ4n) is 1.59. The average Bonchev–Trinajstić information content (AvgIpc) is 2.52. The molecule has 0 N–H and O–H groups in total. The summed E-state index contributed by atoms with van der Waals surface area (Å²) in [6.45, 7) is 6.72. The van der Waals surface area contributed by atoms with Crippen LogP contribution in [0.1, 0.15) is 27.2 Å². The predicted octanol–water partition coefficient (Wildman–Crippen LogP) is 0.987. The number of hydrogen-bond donors (Lipinski definition) is 0. The lowest BCUT2D eigenvalue weighted by Gasteiger charge is -2.31. The number of ether oxygens (including phenoxy) is 4. The van der Waals surface area contributed by atoms with Crippen molar-refractivity contribution in [3.05, 3.63) is 0 Å². The predicted molar refractivity (Wildman–Crippen MR) is 78.2 cm³/mol. The summed E-state index contributed by atoms with van der Waals surface area (Å²) in [4.78, 5) is 32.5. The third kappa shape index (κ3) is 8.74. The summed E-state index contributed by atoms with van der Waals surface area (Å²) in [7, 11) is 0. The van der Waals surface area contributed by atoms with Crippen molar-refractivity contribution in [2.24, 2.45) is 11.3 Å². The van der Waals surface area contributed by atoms with Gasteiger partial charge in [-0.2, -0.15) is 0 Å². The van der Waals surface area contributed by atoms with Gasteiger partial charge in [-0.25, -0.2) is 0 Å². The Balaban J connectivity index is 4.78. The summed E-state index contributed by atoms with van der Waals surface area (Å²) in [5.41, 5.74) is -0.787. The molecular weight excluding hydrogens is 292 g/mol. The molecule has 0 aromatic heterocycles. The number of carbonyl (C=O) groups excluding carboxylic acids is 3. The van der Waals surface area contributed by atoms with E-state index in [-0.39, 0.29) is 51.3 Å². The van der Waals surface area contributed by atoms with Gasteiger partial charge in [0, 0.05) is 13.0 Å². The fraction of sp³-hybridized carbons (Fsp3) is 0.800. The fourth-order valence-corrected chi connectivity index (χ4v) is 1.59. The van der Waals surface area contributed by atoms with E-state index >= 15 is 0 Å². The van der Waals surface area contributed by atoms with Crippen molar-refractivity contribution in [1.29, 1.82) is 0 Å². The topological polar surface area (TPSA) is 88.1 Å². The Hall–Kier alpha value is -1.47. The number of rotatable bonds is 14. The van der Waals surface area contributed by atoms with Crippen molar-refractivity contribution in [2.45, 2.75) is 27.2 Å². The lowest BCUT2D eigenvalue weighted by Crippen LogP contribution is -2.42. The first-order valence-corrected chi connectivity index (χ1v) is 7.32. The molecule has 0 amide bonds. The monoisotopic (exact) mass is 318 g/mol. The lowest BCUT2D eigenvalue weighted by atomic mass is 9.92. The van der Waals surface area contributed by atoms with Crippen LogP contribution in [0.2, 0.25) is 0 Å². The summed E-state index contributed by atoms with van der Waals surface area (Å²) in [5.74, 6) is -0.604. The van der Waals surface area contributed by atoms with Crippen LogP contribution in [0, 0.1) is 11.3 Å². The molecule has 1 unspecified atom stereocenters. The van der Waals surface area contributed by atoms with Crippen LogP contribution in [0.4, 0.5) is 0 Å². The molecule has 0 spiro atoms. The summed E-state index contributed by atoms with van der Waals surface area (Å²) in [6.07, 6.45) is 1.02. The molecule has 0 rings (SSSR count). The molecule has 22 heavy (non-hydrogen) atoms. The van der Waals surface area contributed by atoms with Crippen LogP contribution < -0.4 is 0 Å². The van der Waals surface area contributed by atoms with Crippen LogP contribution >= 0.6 is 0 Å². The normalized spacial score (nSPS) is 13.5. The number of aldehydes is 1. The van der Waals surface area contributed by atoms with Crippen LogP contribution in [0.15, 0.2) is 0 Å². The van der Waals surface area contributed by atoms with Crippen molar-refractivity contribution >= 4 is 18.7 Å². The van der Waals surface area contributed by atoms with Gasteiger partial charge >= 0.3 is 5.97 Å². The largest absolute Gasteiger partial charge is 0.467 e. The van der Waals surface area contributed by atoms with Gasteiger partial charge in [-0.3, -0.25) is 9.59 Å². The number of carbonyl (C=O) groups is 3. The second kappa shape index (κ2) is 12.1. The van der Waals surface area contributed by atoms with Crippen LogP contribution in [0.25, 0.3) is 0 Å². The summed E-state index contributed by atoms with van der Waals surface area (Å²) in [5, 5.41) is 0. The van der Waals surface area contributed by atoms with Gasteiger partial charge in [0.2, 0.25) is 0 Å². The van der Waals surface area contributed by atoms with Gasteiger partial charge in [0.15, 0.2) is 0 Å². The van der Waals surface area contributed by atoms with E-state index in [2.05, 4.69) is 0 Å². The second-order valence-corrected chi connectivity index (χ2v) is 5.31. The highest BCUT2D eigenvalue weighted by Gasteiger charge is 2.34. The van der Waals surface area contributed by atoms with Crippen molar-refractivity contribution in [3.8, 4) is 0 Å². The highest BCUT2D eigenvalue weighted by atomic mass is 16.6. The molecule has 0 aliphatic rings. The Bertz CT molecular complexity index is 330. The van der Waals surface area contributed by atoms with Gasteiger partial charge in [0.1, 0.15) is 19.5 Å². The minimum Gasteiger partial charge on any atom is -0.467 e. The Morgan fingerprint density at radius 3 is 2.32 bits per heavy atom. The maximum Gasteiger partial charge on any atom is 0.308 e. The molecule has 7 heteroatoms. The summed E-state index contributed by atoms with van der Waals surface area (Å²) in [6, 6.07) is 0. The maximum absolute atomic E-state index is 11.7. The van der Waals surface area contributed by atoms with E-state index < -0.39 is 5.41 Å². The molecule has 0 fully saturated rings. The molecule has 128 valence electrons. The van der Waals surface area contributed by atoms with E-state index in [1.54, 1.807) is 13.8 Å². The first-order valence-electron chi connectivity index (χ1n) is 7.32. The maximum atomic E-state index is 11.7. The van der Waals surface area contributed by atoms with Crippen molar-refractivity contribution < 1.29 is 33.3 Å². The lowest BCUT2D eigenvalue weighted by molar-refractivity contribution is -0.160. The van der Waals surface area contributed by atoms with Gasteiger partial charge in [-0.05, 0) is 6.92 Å². The molecule has 7 nitrogen and oxygen atoms in total. The minimum absolute atomic E-state index is 0.00294. The molecule has 0 aromatic rings. The first kappa shape index (κ1) is 20.5. The molecule has 0 aromatic carbocycles. The van der Waals surface area contributed by atoms with Crippen LogP contribution in [-0.2, 0) is 33.3 Å². The summed E-state index contributed by atoms with van der Waals surface area (Å²) < 4.78 is 20.9. The van der Waals surface area contributed by atoms with Gasteiger partial charge in [-0.1, -0.05) is 13.8 Å². The van der Waals surface area contributed by atoms with Crippen LogP contribution in [0.5, 0.6) is 0 Å². The number of hydrogen-bond acceptors (Lipinski definition) is 7. The van der Waals surface area contributed by atoms with Crippen molar-refractivity contribution in [2.75, 3.05) is 39.6 Å². The SMILES string of the molecule is CCOCC(COC=O)(COCCC=O)COC(=O)C(C)C. The molecule has 0 saturated heterocycles. The number of esters is 1. The smallest absolute Gasteiger partial charge is 0.308 e. The van der Waals surface area contributed by atoms with E-state index in [0.29, 0.717) is 13.1 Å². The van der Waals surface area contributed by atoms with Crippen LogP contribution in [0.3, 0.4) is 0 Å². The standard InChI is InChI=1S/C15H26O7/c1-4-19-8-15(10-21-12-17,9-20-7-5-6-16)11-22-14(18)13(2)3/h6,12-13H,4-5,7-11H2,1-3H3. The quantitative estimate of drug-likeness (QED) is 0.268. The molecule has 0 heterocycles. The molecular formula is C15H26O7.